The number of rotatable bonds is 16. The number of benzene rings is 8. The summed E-state index contributed by atoms with van der Waals surface area (Å²) in [6, 6.07) is 47.3. The van der Waals surface area contributed by atoms with Gasteiger partial charge < -0.3 is 58.3 Å². The van der Waals surface area contributed by atoms with Crippen LogP contribution in [0, 0.1) is 0 Å². The lowest BCUT2D eigenvalue weighted by Crippen LogP contribution is -2.06. The average Bonchev–Trinajstić information content (AvgIpc) is 3.35. The minimum absolute atomic E-state index is 0.0591. The third-order valence-corrected chi connectivity index (χ3v) is 14.8. The van der Waals surface area contributed by atoms with Crippen LogP contribution in [0.3, 0.4) is 0 Å². The summed E-state index contributed by atoms with van der Waals surface area (Å²) >= 11 is 0. The van der Waals surface area contributed by atoms with Crippen LogP contribution in [0.25, 0.3) is 0 Å². The minimum Gasteiger partial charge on any atom is -0.504 e. The maximum Gasteiger partial charge on any atom is 0.602 e. The van der Waals surface area contributed by atoms with Gasteiger partial charge in [-0.15, -0.1) is 4.52 Å². The van der Waals surface area contributed by atoms with Gasteiger partial charge in [-0.1, -0.05) is 97.1 Å². The Morgan fingerprint density at radius 1 is 0.362 bits per heavy atom. The summed E-state index contributed by atoms with van der Waals surface area (Å²) in [7, 11) is -6.26. The van der Waals surface area contributed by atoms with Crippen molar-refractivity contribution in [3.05, 3.63) is 182 Å². The molecule has 0 aromatic heterocycles. The van der Waals surface area contributed by atoms with E-state index in [1.54, 1.807) is 115 Å². The van der Waals surface area contributed by atoms with Crippen LogP contribution in [0.4, 0.5) is 0 Å². The molecular weight excluding hydrogens is 964 g/mol. The predicted octanol–water partition coefficient (Wildman–Crippen LogP) is 16.3. The Morgan fingerprint density at radius 2 is 0.696 bits per heavy atom. The topological polar surface area (TPSA) is 224 Å². The predicted molar refractivity (Wildman–Crippen MR) is 260 cm³/mol. The summed E-state index contributed by atoms with van der Waals surface area (Å²) in [5.41, 5.74) is 0. The van der Waals surface area contributed by atoms with Crippen LogP contribution in [0.15, 0.2) is 200 Å². The molecule has 344 valence electrons. The largest absolute Gasteiger partial charge is 0.602 e. The summed E-state index contributed by atoms with van der Waals surface area (Å²) in [5.74, 6) is -4.56. The van der Waals surface area contributed by atoms with Crippen LogP contribution in [0.1, 0.15) is 0 Å². The molecule has 1 aliphatic heterocycles. The molecule has 8 aromatic carbocycles. The minimum atomic E-state index is -4.32. The Morgan fingerprint density at radius 3 is 1.07 bits per heavy atom. The van der Waals surface area contributed by atoms with Crippen molar-refractivity contribution in [1.82, 2.24) is 0 Å². The van der Waals surface area contributed by atoms with E-state index in [2.05, 4.69) is 9.03 Å². The van der Waals surface area contributed by atoms with E-state index in [1.165, 1.54) is 60.7 Å². The molecule has 2 unspecified atom stereocenters. The summed E-state index contributed by atoms with van der Waals surface area (Å²) in [4.78, 5) is 0. The van der Waals surface area contributed by atoms with Crippen molar-refractivity contribution < 1.29 is 62.8 Å². The molecular formula is C48H35N4O13P4+. The van der Waals surface area contributed by atoms with Gasteiger partial charge in [0.15, 0.2) is 71.8 Å². The molecule has 1 aliphatic rings. The van der Waals surface area contributed by atoms with Crippen LogP contribution in [0.2, 0.25) is 0 Å². The molecule has 8 aromatic rings. The first kappa shape index (κ1) is 45.8. The molecule has 0 radical (unpaired) electrons. The first-order valence-corrected chi connectivity index (χ1v) is 24.7. The number of phenolic OH excluding ortho intramolecular Hbond substituents is 5. The molecule has 0 saturated heterocycles. The summed E-state index contributed by atoms with van der Waals surface area (Å²) in [6.07, 6.45) is 0. The molecule has 17 nitrogen and oxygen atoms in total. The van der Waals surface area contributed by atoms with Crippen molar-refractivity contribution in [3.63, 3.8) is 0 Å². The summed E-state index contributed by atoms with van der Waals surface area (Å²) in [6.45, 7) is 0. The zero-order valence-corrected chi connectivity index (χ0v) is 39.0. The van der Waals surface area contributed by atoms with Gasteiger partial charge in [0, 0.05) is 4.52 Å². The van der Waals surface area contributed by atoms with E-state index in [9.17, 15) is 25.5 Å². The SMILES string of the molecule is Oc1ccccc1Oc1c(Oc2ccccc2O)c(Oc2ccccc2O)c(OP2(Oc3ccccc3)=NP=NP=N[P+](Oc3ccccc3)=N2)c(Oc2ccccc2O)c1Oc1ccccc1O. The van der Waals surface area contributed by atoms with E-state index < -0.39 is 50.2 Å². The Kier molecular flexibility index (Phi) is 14.0. The summed E-state index contributed by atoms with van der Waals surface area (Å²) < 4.78 is 72.2. The Balaban J connectivity index is 1.43. The van der Waals surface area contributed by atoms with Crippen molar-refractivity contribution in [2.24, 2.45) is 18.1 Å². The Bertz CT molecular complexity index is 3170. The lowest BCUT2D eigenvalue weighted by molar-refractivity contribution is 0.314. The third-order valence-electron chi connectivity index (χ3n) is 9.27. The van der Waals surface area contributed by atoms with Crippen molar-refractivity contribution in [2.45, 2.75) is 0 Å². The van der Waals surface area contributed by atoms with E-state index in [4.69, 9.17) is 46.3 Å². The van der Waals surface area contributed by atoms with Crippen molar-refractivity contribution in [1.29, 1.82) is 0 Å². The first-order valence-electron chi connectivity index (χ1n) is 20.4. The number of hydrogen-bond acceptors (Lipinski definition) is 17. The van der Waals surface area contributed by atoms with Crippen molar-refractivity contribution in [2.75, 3.05) is 0 Å². The van der Waals surface area contributed by atoms with Crippen LogP contribution in [-0.2, 0) is 0 Å². The van der Waals surface area contributed by atoms with Crippen LogP contribution in [0.5, 0.6) is 103 Å². The standard InChI is InChI=1S/C48H34N4O13P4/c53-33-21-7-12-26-38(33)58-43-44(59-39-27-13-8-22-34(39)54)46(61-41-29-15-10-24-36(41)56)48(47(62-42-30-16-11-25-37(42)57)45(43)60-40-28-14-9-23-35(40)55)65-69(64-32-19-5-2-6-20-32)51-67-49-66-50-68(52-69)63-31-17-3-1-4-18-31/h1-30H,(H4-,53,54,55,56,57)/p+1. The van der Waals surface area contributed by atoms with Gasteiger partial charge in [0.2, 0.25) is 43.0 Å². The van der Waals surface area contributed by atoms with Crippen molar-refractivity contribution in [3.8, 4) is 103 Å². The van der Waals surface area contributed by atoms with Gasteiger partial charge in [-0.05, 0) is 84.9 Å². The second-order valence-electron chi connectivity index (χ2n) is 14.0. The second-order valence-corrected chi connectivity index (χ2v) is 19.3. The molecule has 0 aliphatic carbocycles. The molecule has 69 heavy (non-hydrogen) atoms. The van der Waals surface area contributed by atoms with Gasteiger partial charge in [-0.3, -0.25) is 0 Å². The number of hydrogen-bond donors (Lipinski definition) is 5. The number of phenols is 5. The number of para-hydroxylation sites is 12. The first-order chi connectivity index (χ1) is 33.7. The fourth-order valence-electron chi connectivity index (χ4n) is 6.14. The van der Waals surface area contributed by atoms with E-state index in [0.29, 0.717) is 5.75 Å². The van der Waals surface area contributed by atoms with Gasteiger partial charge in [0.05, 0.1) is 4.52 Å². The highest BCUT2D eigenvalue weighted by atomic mass is 31.2. The van der Waals surface area contributed by atoms with E-state index >= 15 is 0 Å². The number of nitrogens with zero attached hydrogens (tertiary/aromatic N) is 4. The molecule has 0 bridgehead atoms. The van der Waals surface area contributed by atoms with E-state index in [1.807, 2.05) is 6.07 Å². The highest BCUT2D eigenvalue weighted by molar-refractivity contribution is 7.67. The fraction of sp³-hybridized carbons (Fsp3) is 0. The number of aromatic hydroxyl groups is 5. The van der Waals surface area contributed by atoms with E-state index in [0.717, 1.165) is 0 Å². The lowest BCUT2D eigenvalue weighted by atomic mass is 10.2. The van der Waals surface area contributed by atoms with Gasteiger partial charge in [0.25, 0.3) is 0 Å². The van der Waals surface area contributed by atoms with Gasteiger partial charge in [-0.25, -0.2) is 4.52 Å². The monoisotopic (exact) mass is 999 g/mol. The van der Waals surface area contributed by atoms with E-state index in [-0.39, 0.29) is 80.3 Å². The highest BCUT2D eigenvalue weighted by Gasteiger charge is 2.43. The average molecular weight is 1000 g/mol. The van der Waals surface area contributed by atoms with Crippen LogP contribution in [-0.4, -0.2) is 25.5 Å². The molecule has 0 saturated carbocycles. The Hall–Kier alpha value is -8.31. The molecule has 5 N–H and O–H groups in total. The normalized spacial score (nSPS) is 14.9. The van der Waals surface area contributed by atoms with Crippen LogP contribution < -0.4 is 37.3 Å². The maximum atomic E-state index is 11.3. The second kappa shape index (κ2) is 21.1. The molecule has 2 atom stereocenters. The smallest absolute Gasteiger partial charge is 0.504 e. The Labute approximate surface area is 397 Å². The molecule has 0 amide bonds. The molecule has 21 heteroatoms. The lowest BCUT2D eigenvalue weighted by Gasteiger charge is -2.27. The molecule has 0 spiro atoms. The quantitative estimate of drug-likeness (QED) is 0.0569. The van der Waals surface area contributed by atoms with Gasteiger partial charge >= 0.3 is 15.8 Å². The summed E-state index contributed by atoms with van der Waals surface area (Å²) in [5, 5.41) is 56.4. The zero-order chi connectivity index (χ0) is 47.6. The van der Waals surface area contributed by atoms with Crippen molar-refractivity contribution >= 4 is 32.8 Å². The number of ether oxygens (including phenoxy) is 5. The van der Waals surface area contributed by atoms with Gasteiger partial charge in [0.1, 0.15) is 5.75 Å². The highest BCUT2D eigenvalue weighted by Crippen LogP contribution is 2.69. The maximum absolute atomic E-state index is 11.3. The molecule has 1 heterocycles. The molecule has 9 rings (SSSR count). The third kappa shape index (κ3) is 11.0. The molecule has 0 fully saturated rings. The zero-order valence-electron chi connectivity index (χ0n) is 35.4. The fourth-order valence-corrected chi connectivity index (χ4v) is 11.6. The van der Waals surface area contributed by atoms with Gasteiger partial charge in [-0.2, -0.15) is 4.52 Å². The van der Waals surface area contributed by atoms with Crippen LogP contribution >= 0.6 is 32.8 Å².